The van der Waals surface area contributed by atoms with E-state index in [-0.39, 0.29) is 5.97 Å². The minimum absolute atomic E-state index is 0.316. The Hall–Kier alpha value is -2.76. The highest BCUT2D eigenvalue weighted by Crippen LogP contribution is 2.22. The van der Waals surface area contributed by atoms with Gasteiger partial charge in [-0.1, -0.05) is 6.08 Å². The number of aromatic nitrogens is 1. The summed E-state index contributed by atoms with van der Waals surface area (Å²) in [4.78, 5) is 26.7. The lowest BCUT2D eigenvalue weighted by Crippen LogP contribution is -2.32. The first-order valence-corrected chi connectivity index (χ1v) is 8.11. The average molecular weight is 344 g/mol. The maximum atomic E-state index is 11.8. The van der Waals surface area contributed by atoms with Crippen LogP contribution in [0.15, 0.2) is 35.9 Å². The number of esters is 1. The Labute approximate surface area is 147 Å². The number of allylic oxidation sites excluding steroid dienone is 1. The molecule has 1 amide bonds. The van der Waals surface area contributed by atoms with Gasteiger partial charge in [0.15, 0.2) is 0 Å². The molecular weight excluding hydrogens is 320 g/mol. The van der Waals surface area contributed by atoms with Crippen molar-refractivity contribution in [1.82, 2.24) is 10.3 Å². The number of fused-ring (bicyclic) bond motifs is 1. The van der Waals surface area contributed by atoms with Gasteiger partial charge in [0, 0.05) is 22.2 Å². The molecule has 25 heavy (non-hydrogen) atoms. The lowest BCUT2D eigenvalue weighted by atomic mass is 10.2. The molecule has 0 saturated heterocycles. The second kappa shape index (κ2) is 7.42. The van der Waals surface area contributed by atoms with E-state index in [9.17, 15) is 9.59 Å². The van der Waals surface area contributed by atoms with E-state index in [2.05, 4.69) is 10.3 Å². The van der Waals surface area contributed by atoms with Crippen LogP contribution in [0.3, 0.4) is 0 Å². The Morgan fingerprint density at radius 1 is 1.24 bits per heavy atom. The lowest BCUT2D eigenvalue weighted by molar-refractivity contribution is -0.130. The number of aromatic amines is 1. The fourth-order valence-electron chi connectivity index (χ4n) is 2.12. The fourth-order valence-corrected chi connectivity index (χ4v) is 2.12. The van der Waals surface area contributed by atoms with Gasteiger partial charge in [0.1, 0.15) is 11.4 Å². The van der Waals surface area contributed by atoms with E-state index in [1.165, 1.54) is 0 Å². The van der Waals surface area contributed by atoms with Crippen molar-refractivity contribution in [3.05, 3.63) is 41.6 Å². The van der Waals surface area contributed by atoms with Crippen molar-refractivity contribution in [2.45, 2.75) is 46.8 Å². The maximum absolute atomic E-state index is 11.8. The largest absolute Gasteiger partial charge is 0.444 e. The molecule has 134 valence electrons. The molecule has 1 heterocycles. The van der Waals surface area contributed by atoms with E-state index >= 15 is 0 Å². The van der Waals surface area contributed by atoms with Gasteiger partial charge in [-0.05, 0) is 58.9 Å². The zero-order chi connectivity index (χ0) is 18.6. The molecule has 2 N–H and O–H groups in total. The number of hydrogen-bond donors (Lipinski definition) is 2. The Bertz CT molecular complexity index is 812. The molecule has 6 heteroatoms. The number of H-pyrrole nitrogens is 1. The van der Waals surface area contributed by atoms with Crippen LogP contribution in [0.5, 0.6) is 5.75 Å². The first-order chi connectivity index (χ1) is 11.7. The van der Waals surface area contributed by atoms with Gasteiger partial charge < -0.3 is 19.8 Å². The third kappa shape index (κ3) is 5.38. The molecule has 0 unspecified atom stereocenters. The molecule has 0 bridgehead atoms. The zero-order valence-corrected chi connectivity index (χ0v) is 15.2. The topological polar surface area (TPSA) is 80.4 Å². The molecule has 1 aromatic carbocycles. The molecule has 0 aliphatic carbocycles. The molecule has 0 radical (unpaired) electrons. The van der Waals surface area contributed by atoms with E-state index in [1.54, 1.807) is 32.1 Å². The number of benzene rings is 1. The van der Waals surface area contributed by atoms with Crippen LogP contribution in [0.4, 0.5) is 4.79 Å². The van der Waals surface area contributed by atoms with Crippen molar-refractivity contribution in [2.24, 2.45) is 0 Å². The van der Waals surface area contributed by atoms with Gasteiger partial charge in [-0.25, -0.2) is 9.59 Å². The van der Waals surface area contributed by atoms with Gasteiger partial charge in [-0.2, -0.15) is 0 Å². The van der Waals surface area contributed by atoms with E-state index in [0.29, 0.717) is 17.9 Å². The lowest BCUT2D eigenvalue weighted by Gasteiger charge is -2.19. The maximum Gasteiger partial charge on any atom is 0.407 e. The van der Waals surface area contributed by atoms with Crippen LogP contribution in [-0.4, -0.2) is 22.6 Å². The van der Waals surface area contributed by atoms with Crippen LogP contribution in [0.1, 0.15) is 40.3 Å². The van der Waals surface area contributed by atoms with Gasteiger partial charge in [-0.3, -0.25) is 0 Å². The van der Waals surface area contributed by atoms with Gasteiger partial charge in [-0.15, -0.1) is 0 Å². The summed E-state index contributed by atoms with van der Waals surface area (Å²) in [5.74, 6) is 0.105. The van der Waals surface area contributed by atoms with Gasteiger partial charge in [0.05, 0.1) is 6.54 Å². The van der Waals surface area contributed by atoms with Crippen LogP contribution in [-0.2, 0) is 16.1 Å². The Balaban J connectivity index is 2.05. The van der Waals surface area contributed by atoms with E-state index < -0.39 is 11.7 Å². The summed E-state index contributed by atoms with van der Waals surface area (Å²) in [6.07, 6.45) is 1.24. The second-order valence-electron chi connectivity index (χ2n) is 6.76. The number of rotatable bonds is 4. The molecule has 2 aromatic rings. The Morgan fingerprint density at radius 3 is 2.60 bits per heavy atom. The van der Waals surface area contributed by atoms with Crippen LogP contribution in [0.25, 0.3) is 10.9 Å². The number of amides is 1. The number of nitrogens with one attached hydrogen (secondary N) is 2. The van der Waals surface area contributed by atoms with Gasteiger partial charge in [0.2, 0.25) is 0 Å². The van der Waals surface area contributed by atoms with Crippen LogP contribution >= 0.6 is 0 Å². The molecule has 0 saturated carbocycles. The van der Waals surface area contributed by atoms with Crippen molar-refractivity contribution in [3.63, 3.8) is 0 Å². The van der Waals surface area contributed by atoms with Crippen LogP contribution < -0.4 is 10.1 Å². The quantitative estimate of drug-likeness (QED) is 0.498. The summed E-state index contributed by atoms with van der Waals surface area (Å²) in [6.45, 7) is 9.25. The molecular formula is C19H24N2O4. The molecule has 0 aliphatic rings. The summed E-state index contributed by atoms with van der Waals surface area (Å²) in [7, 11) is 0. The zero-order valence-electron chi connectivity index (χ0n) is 15.2. The molecule has 0 fully saturated rings. The highest BCUT2D eigenvalue weighted by atomic mass is 16.6. The predicted octanol–water partition coefficient (Wildman–Crippen LogP) is 4.06. The highest BCUT2D eigenvalue weighted by molar-refractivity contribution is 5.90. The first kappa shape index (κ1) is 18.6. The van der Waals surface area contributed by atoms with Crippen molar-refractivity contribution < 1.29 is 19.1 Å². The normalized spacial score (nSPS) is 12.1. The highest BCUT2D eigenvalue weighted by Gasteiger charge is 2.16. The standard InChI is InChI=1S/C19H24N2O4/c1-6-12(2)17(22)24-15-7-8-16-13(10-15)9-14(21-16)11-20-18(23)25-19(3,4)5/h6-10,21H,11H2,1-5H3,(H,20,23)/b12-6+. The smallest absolute Gasteiger partial charge is 0.407 e. The first-order valence-electron chi connectivity index (χ1n) is 8.11. The van der Waals surface area contributed by atoms with E-state index in [1.807, 2.05) is 32.9 Å². The molecule has 1 aromatic heterocycles. The monoisotopic (exact) mass is 344 g/mol. The number of alkyl carbamates (subject to hydrolysis) is 1. The summed E-state index contributed by atoms with van der Waals surface area (Å²) in [6, 6.07) is 7.24. The van der Waals surface area contributed by atoms with Crippen molar-refractivity contribution in [1.29, 1.82) is 0 Å². The molecule has 0 atom stereocenters. The average Bonchev–Trinajstić information content (AvgIpc) is 2.92. The van der Waals surface area contributed by atoms with Crippen molar-refractivity contribution >= 4 is 23.0 Å². The summed E-state index contributed by atoms with van der Waals surface area (Å²) in [5.41, 5.74) is 1.74. The third-order valence-electron chi connectivity index (χ3n) is 3.44. The Morgan fingerprint density at radius 2 is 1.96 bits per heavy atom. The summed E-state index contributed by atoms with van der Waals surface area (Å²) < 4.78 is 10.5. The van der Waals surface area contributed by atoms with Gasteiger partial charge >= 0.3 is 12.1 Å². The van der Waals surface area contributed by atoms with Crippen LogP contribution in [0.2, 0.25) is 0 Å². The second-order valence-corrected chi connectivity index (χ2v) is 6.76. The number of carbonyl (C=O) groups is 2. The Kier molecular flexibility index (Phi) is 5.51. The van der Waals surface area contributed by atoms with E-state index in [4.69, 9.17) is 9.47 Å². The fraction of sp³-hybridized carbons (Fsp3) is 0.368. The third-order valence-corrected chi connectivity index (χ3v) is 3.44. The van der Waals surface area contributed by atoms with Crippen molar-refractivity contribution in [2.75, 3.05) is 0 Å². The number of carbonyl (C=O) groups excluding carboxylic acids is 2. The molecule has 6 nitrogen and oxygen atoms in total. The summed E-state index contributed by atoms with van der Waals surface area (Å²) >= 11 is 0. The van der Waals surface area contributed by atoms with Crippen molar-refractivity contribution in [3.8, 4) is 5.75 Å². The minimum atomic E-state index is -0.533. The molecule has 2 rings (SSSR count). The summed E-state index contributed by atoms with van der Waals surface area (Å²) in [5, 5.41) is 3.59. The number of hydrogen-bond acceptors (Lipinski definition) is 4. The molecule has 0 spiro atoms. The van der Waals surface area contributed by atoms with Crippen LogP contribution in [0, 0.1) is 0 Å². The predicted molar refractivity (Wildman–Crippen MR) is 96.4 cm³/mol. The number of ether oxygens (including phenoxy) is 2. The minimum Gasteiger partial charge on any atom is -0.444 e. The van der Waals surface area contributed by atoms with Gasteiger partial charge in [0.25, 0.3) is 0 Å². The SMILES string of the molecule is C/C=C(\C)C(=O)Oc1ccc2[nH]c(CNC(=O)OC(C)(C)C)cc2c1. The molecule has 0 aliphatic heterocycles. The van der Waals surface area contributed by atoms with E-state index in [0.717, 1.165) is 16.6 Å².